The third kappa shape index (κ3) is 2.66. The molecule has 98 valence electrons. The highest BCUT2D eigenvalue weighted by Crippen LogP contribution is 2.42. The maximum Gasteiger partial charge on any atom is 0.203 e. The quantitative estimate of drug-likeness (QED) is 0.776. The van der Waals surface area contributed by atoms with Gasteiger partial charge in [0.15, 0.2) is 17.6 Å². The van der Waals surface area contributed by atoms with Crippen LogP contribution in [0.5, 0.6) is 17.2 Å². The van der Waals surface area contributed by atoms with Crippen molar-refractivity contribution in [2.45, 2.75) is 13.0 Å². The summed E-state index contributed by atoms with van der Waals surface area (Å²) in [6, 6.07) is 5.55. The Kier molecular flexibility index (Phi) is 5.28. The molecule has 0 fully saturated rings. The SMILES string of the molecule is CCOC(C#N)c1ccc(OC)c(OC)c1OC. The van der Waals surface area contributed by atoms with Crippen LogP contribution in [0.4, 0.5) is 0 Å². The molecule has 18 heavy (non-hydrogen) atoms. The molecule has 5 nitrogen and oxygen atoms in total. The van der Waals surface area contributed by atoms with E-state index in [9.17, 15) is 0 Å². The lowest BCUT2D eigenvalue weighted by Gasteiger charge is -2.18. The van der Waals surface area contributed by atoms with Gasteiger partial charge in [-0.25, -0.2) is 0 Å². The van der Waals surface area contributed by atoms with E-state index >= 15 is 0 Å². The molecule has 0 aliphatic heterocycles. The van der Waals surface area contributed by atoms with Gasteiger partial charge in [0.25, 0.3) is 0 Å². The molecule has 1 aromatic rings. The van der Waals surface area contributed by atoms with Gasteiger partial charge >= 0.3 is 0 Å². The van der Waals surface area contributed by atoms with Crippen molar-refractivity contribution in [2.24, 2.45) is 0 Å². The molecule has 0 amide bonds. The molecule has 0 bridgehead atoms. The average molecular weight is 251 g/mol. The standard InChI is InChI=1S/C13H17NO4/c1-5-18-11(8-14)9-6-7-10(15-2)13(17-4)12(9)16-3/h6-7,11H,5H2,1-4H3. The first-order valence-electron chi connectivity index (χ1n) is 5.53. The van der Waals surface area contributed by atoms with Gasteiger partial charge in [0.1, 0.15) is 0 Å². The maximum atomic E-state index is 9.12. The van der Waals surface area contributed by atoms with E-state index < -0.39 is 6.10 Å². The smallest absolute Gasteiger partial charge is 0.203 e. The Morgan fingerprint density at radius 1 is 1.11 bits per heavy atom. The van der Waals surface area contributed by atoms with Crippen LogP contribution in [0.1, 0.15) is 18.6 Å². The molecule has 0 spiro atoms. The monoisotopic (exact) mass is 251 g/mol. The third-order valence-corrected chi connectivity index (χ3v) is 2.47. The highest BCUT2D eigenvalue weighted by atomic mass is 16.5. The lowest BCUT2D eigenvalue weighted by molar-refractivity contribution is 0.0995. The molecule has 0 aliphatic rings. The molecule has 0 radical (unpaired) electrons. The number of benzene rings is 1. The average Bonchev–Trinajstić information content (AvgIpc) is 2.42. The van der Waals surface area contributed by atoms with E-state index in [4.69, 9.17) is 24.2 Å². The van der Waals surface area contributed by atoms with Crippen LogP contribution in [0.25, 0.3) is 0 Å². The second-order valence-corrected chi connectivity index (χ2v) is 3.39. The summed E-state index contributed by atoms with van der Waals surface area (Å²) < 4.78 is 21.1. The van der Waals surface area contributed by atoms with Crippen molar-refractivity contribution in [3.8, 4) is 23.3 Å². The predicted octanol–water partition coefficient (Wildman–Crippen LogP) is 2.31. The summed E-state index contributed by atoms with van der Waals surface area (Å²) in [6.45, 7) is 2.27. The first-order chi connectivity index (χ1) is 8.73. The Labute approximate surface area is 107 Å². The minimum absolute atomic E-state index is 0.440. The fraction of sp³-hybridized carbons (Fsp3) is 0.462. The van der Waals surface area contributed by atoms with Gasteiger partial charge in [-0.1, -0.05) is 0 Å². The third-order valence-electron chi connectivity index (χ3n) is 2.47. The van der Waals surface area contributed by atoms with Gasteiger partial charge in [0.2, 0.25) is 5.75 Å². The highest BCUT2D eigenvalue weighted by molar-refractivity contribution is 5.57. The molecule has 0 aliphatic carbocycles. The Hall–Kier alpha value is -1.93. The fourth-order valence-electron chi connectivity index (χ4n) is 1.69. The van der Waals surface area contributed by atoms with E-state index in [1.54, 1.807) is 19.2 Å². The van der Waals surface area contributed by atoms with Gasteiger partial charge in [-0.3, -0.25) is 0 Å². The molecule has 5 heteroatoms. The number of hydrogen-bond donors (Lipinski definition) is 0. The van der Waals surface area contributed by atoms with Crippen LogP contribution >= 0.6 is 0 Å². The van der Waals surface area contributed by atoms with Gasteiger partial charge in [-0.05, 0) is 19.1 Å². The molecule has 0 saturated carbocycles. The maximum absolute atomic E-state index is 9.12. The van der Waals surface area contributed by atoms with Crippen molar-refractivity contribution in [3.05, 3.63) is 17.7 Å². The van der Waals surface area contributed by atoms with E-state index in [-0.39, 0.29) is 0 Å². The molecular formula is C13H17NO4. The lowest BCUT2D eigenvalue weighted by Crippen LogP contribution is -2.06. The van der Waals surface area contributed by atoms with Crippen LogP contribution in [-0.4, -0.2) is 27.9 Å². The van der Waals surface area contributed by atoms with E-state index in [0.29, 0.717) is 29.4 Å². The Bertz CT molecular complexity index is 439. The van der Waals surface area contributed by atoms with Crippen LogP contribution < -0.4 is 14.2 Å². The molecule has 1 rings (SSSR count). The second kappa shape index (κ2) is 6.72. The van der Waals surface area contributed by atoms with Crippen molar-refractivity contribution in [1.82, 2.24) is 0 Å². The van der Waals surface area contributed by atoms with Crippen LogP contribution in [0.2, 0.25) is 0 Å². The minimum Gasteiger partial charge on any atom is -0.493 e. The van der Waals surface area contributed by atoms with Crippen molar-refractivity contribution in [2.75, 3.05) is 27.9 Å². The summed E-state index contributed by atoms with van der Waals surface area (Å²) in [5.41, 5.74) is 0.625. The zero-order chi connectivity index (χ0) is 13.5. The first-order valence-corrected chi connectivity index (χ1v) is 5.53. The fourth-order valence-corrected chi connectivity index (χ4v) is 1.69. The molecule has 0 aromatic heterocycles. The second-order valence-electron chi connectivity index (χ2n) is 3.39. The molecule has 1 atom stereocenters. The van der Waals surface area contributed by atoms with E-state index in [0.717, 1.165) is 0 Å². The molecule has 0 N–H and O–H groups in total. The predicted molar refractivity (Wildman–Crippen MR) is 66.1 cm³/mol. The topological polar surface area (TPSA) is 60.7 Å². The Morgan fingerprint density at radius 3 is 2.22 bits per heavy atom. The van der Waals surface area contributed by atoms with Crippen LogP contribution in [0.15, 0.2) is 12.1 Å². The number of hydrogen-bond acceptors (Lipinski definition) is 5. The van der Waals surface area contributed by atoms with E-state index in [1.165, 1.54) is 14.2 Å². The largest absolute Gasteiger partial charge is 0.493 e. The van der Waals surface area contributed by atoms with Crippen molar-refractivity contribution >= 4 is 0 Å². The van der Waals surface area contributed by atoms with Crippen LogP contribution in [0.3, 0.4) is 0 Å². The molecule has 1 aromatic carbocycles. The van der Waals surface area contributed by atoms with E-state index in [2.05, 4.69) is 6.07 Å². The number of rotatable bonds is 6. The Balaban J connectivity index is 3.32. The van der Waals surface area contributed by atoms with Crippen LogP contribution in [-0.2, 0) is 4.74 Å². The summed E-state index contributed by atoms with van der Waals surface area (Å²) in [7, 11) is 4.58. The van der Waals surface area contributed by atoms with Crippen molar-refractivity contribution in [3.63, 3.8) is 0 Å². The number of nitriles is 1. The summed E-state index contributed by atoms with van der Waals surface area (Å²) >= 11 is 0. The van der Waals surface area contributed by atoms with Crippen LogP contribution in [0, 0.1) is 11.3 Å². The zero-order valence-electron chi connectivity index (χ0n) is 11.0. The summed E-state index contributed by atoms with van der Waals surface area (Å²) in [4.78, 5) is 0. The summed E-state index contributed by atoms with van der Waals surface area (Å²) in [6.07, 6.45) is -0.690. The van der Waals surface area contributed by atoms with E-state index in [1.807, 2.05) is 6.92 Å². The van der Waals surface area contributed by atoms with Gasteiger partial charge < -0.3 is 18.9 Å². The zero-order valence-corrected chi connectivity index (χ0v) is 11.0. The van der Waals surface area contributed by atoms with Gasteiger partial charge in [0, 0.05) is 12.2 Å². The highest BCUT2D eigenvalue weighted by Gasteiger charge is 2.22. The lowest BCUT2D eigenvalue weighted by atomic mass is 10.1. The molecule has 0 heterocycles. The van der Waals surface area contributed by atoms with Gasteiger partial charge in [-0.2, -0.15) is 5.26 Å². The molecular weight excluding hydrogens is 234 g/mol. The summed E-state index contributed by atoms with van der Waals surface area (Å²) in [5.74, 6) is 1.46. The van der Waals surface area contributed by atoms with Crippen molar-refractivity contribution in [1.29, 1.82) is 5.26 Å². The number of ether oxygens (including phenoxy) is 4. The summed E-state index contributed by atoms with van der Waals surface area (Å²) in [5, 5.41) is 9.12. The Morgan fingerprint density at radius 2 is 1.78 bits per heavy atom. The van der Waals surface area contributed by atoms with Gasteiger partial charge in [-0.15, -0.1) is 0 Å². The van der Waals surface area contributed by atoms with Crippen molar-refractivity contribution < 1.29 is 18.9 Å². The normalized spacial score (nSPS) is 11.5. The first kappa shape index (κ1) is 14.1. The molecule has 1 unspecified atom stereocenters. The number of methoxy groups -OCH3 is 3. The number of nitrogens with zero attached hydrogens (tertiary/aromatic N) is 1. The minimum atomic E-state index is -0.690. The molecule has 0 saturated heterocycles. The van der Waals surface area contributed by atoms with Gasteiger partial charge in [0.05, 0.1) is 27.4 Å².